The fourth-order valence-corrected chi connectivity index (χ4v) is 1.49. The van der Waals surface area contributed by atoms with Crippen molar-refractivity contribution in [2.45, 2.75) is 32.7 Å². The summed E-state index contributed by atoms with van der Waals surface area (Å²) in [4.78, 5) is 2.49. The van der Waals surface area contributed by atoms with Crippen LogP contribution in [0.5, 0.6) is 0 Å². The maximum Gasteiger partial charge on any atom is 0.0235 e. The highest BCUT2D eigenvalue weighted by Crippen LogP contribution is 2.19. The SMILES string of the molecule is C=CC1=CCCN(C(C)(C)C)C1. The molecule has 0 amide bonds. The average Bonchev–Trinajstić information content (AvgIpc) is 2.03. The number of nitrogens with zero attached hydrogens (tertiary/aromatic N) is 1. The van der Waals surface area contributed by atoms with Gasteiger partial charge in [-0.3, -0.25) is 4.90 Å². The average molecular weight is 165 g/mol. The van der Waals surface area contributed by atoms with Crippen LogP contribution < -0.4 is 0 Å². The zero-order valence-corrected chi connectivity index (χ0v) is 8.43. The first-order valence-electron chi connectivity index (χ1n) is 4.60. The van der Waals surface area contributed by atoms with Gasteiger partial charge in [-0.2, -0.15) is 0 Å². The molecule has 1 rings (SSSR count). The van der Waals surface area contributed by atoms with Crippen LogP contribution in [0.3, 0.4) is 0 Å². The molecule has 0 aromatic carbocycles. The molecule has 1 aliphatic heterocycles. The van der Waals surface area contributed by atoms with E-state index in [1.807, 2.05) is 6.08 Å². The van der Waals surface area contributed by atoms with Gasteiger partial charge in [-0.25, -0.2) is 0 Å². The minimum absolute atomic E-state index is 0.294. The van der Waals surface area contributed by atoms with Gasteiger partial charge in [0.05, 0.1) is 0 Å². The summed E-state index contributed by atoms with van der Waals surface area (Å²) in [5.41, 5.74) is 1.67. The molecule has 0 unspecified atom stereocenters. The Labute approximate surface area is 75.8 Å². The van der Waals surface area contributed by atoms with Gasteiger partial charge in [0.15, 0.2) is 0 Å². The Kier molecular flexibility index (Phi) is 2.73. The molecule has 0 radical (unpaired) electrons. The molecule has 0 saturated carbocycles. The lowest BCUT2D eigenvalue weighted by molar-refractivity contribution is 0.148. The van der Waals surface area contributed by atoms with Gasteiger partial charge in [0.2, 0.25) is 0 Å². The van der Waals surface area contributed by atoms with Crippen molar-refractivity contribution < 1.29 is 0 Å². The number of hydrogen-bond acceptors (Lipinski definition) is 1. The van der Waals surface area contributed by atoms with Gasteiger partial charge in [-0.05, 0) is 32.8 Å². The summed E-state index contributed by atoms with van der Waals surface area (Å²) in [6.45, 7) is 12.8. The van der Waals surface area contributed by atoms with Crippen LogP contribution in [-0.2, 0) is 0 Å². The van der Waals surface area contributed by atoms with Gasteiger partial charge in [-0.15, -0.1) is 0 Å². The van der Waals surface area contributed by atoms with Crippen molar-refractivity contribution in [3.63, 3.8) is 0 Å². The largest absolute Gasteiger partial charge is 0.294 e. The Hall–Kier alpha value is -0.560. The fourth-order valence-electron chi connectivity index (χ4n) is 1.49. The van der Waals surface area contributed by atoms with Crippen LogP contribution >= 0.6 is 0 Å². The monoisotopic (exact) mass is 165 g/mol. The molecule has 0 bridgehead atoms. The van der Waals surface area contributed by atoms with Crippen molar-refractivity contribution in [1.82, 2.24) is 4.90 Å². The molecule has 0 atom stereocenters. The number of rotatable bonds is 1. The first kappa shape index (κ1) is 9.53. The molecule has 0 aliphatic carbocycles. The van der Waals surface area contributed by atoms with Crippen molar-refractivity contribution in [3.8, 4) is 0 Å². The van der Waals surface area contributed by atoms with Gasteiger partial charge >= 0.3 is 0 Å². The van der Waals surface area contributed by atoms with E-state index in [0.717, 1.165) is 6.54 Å². The van der Waals surface area contributed by atoms with Gasteiger partial charge < -0.3 is 0 Å². The third kappa shape index (κ3) is 2.21. The van der Waals surface area contributed by atoms with Gasteiger partial charge in [0, 0.05) is 18.6 Å². The minimum atomic E-state index is 0.294. The van der Waals surface area contributed by atoms with Crippen LogP contribution in [0.1, 0.15) is 27.2 Å². The molecule has 0 aromatic rings. The molecule has 0 saturated heterocycles. The van der Waals surface area contributed by atoms with E-state index in [1.165, 1.54) is 18.5 Å². The van der Waals surface area contributed by atoms with Crippen molar-refractivity contribution >= 4 is 0 Å². The molecule has 0 fully saturated rings. The van der Waals surface area contributed by atoms with E-state index in [4.69, 9.17) is 0 Å². The molecule has 0 spiro atoms. The van der Waals surface area contributed by atoms with Crippen molar-refractivity contribution in [1.29, 1.82) is 0 Å². The van der Waals surface area contributed by atoms with Gasteiger partial charge in [-0.1, -0.05) is 18.7 Å². The fraction of sp³-hybridized carbons (Fsp3) is 0.636. The van der Waals surface area contributed by atoms with Crippen LogP contribution in [0, 0.1) is 0 Å². The second-order valence-electron chi connectivity index (χ2n) is 4.36. The van der Waals surface area contributed by atoms with E-state index in [2.05, 4.69) is 38.3 Å². The first-order chi connectivity index (χ1) is 5.54. The zero-order valence-electron chi connectivity index (χ0n) is 8.43. The summed E-state index contributed by atoms with van der Waals surface area (Å²) in [5, 5.41) is 0. The first-order valence-corrected chi connectivity index (χ1v) is 4.60. The zero-order chi connectivity index (χ0) is 9.19. The van der Waals surface area contributed by atoms with Crippen LogP contribution in [-0.4, -0.2) is 23.5 Å². The molecule has 0 aromatic heterocycles. The maximum absolute atomic E-state index is 3.81. The Morgan fingerprint density at radius 2 is 2.17 bits per heavy atom. The second-order valence-corrected chi connectivity index (χ2v) is 4.36. The Morgan fingerprint density at radius 1 is 1.50 bits per heavy atom. The van der Waals surface area contributed by atoms with E-state index in [-0.39, 0.29) is 0 Å². The third-order valence-electron chi connectivity index (χ3n) is 2.39. The van der Waals surface area contributed by atoms with Crippen molar-refractivity contribution in [2.75, 3.05) is 13.1 Å². The summed E-state index contributed by atoms with van der Waals surface area (Å²) in [5.74, 6) is 0. The molecule has 12 heavy (non-hydrogen) atoms. The Balaban J connectivity index is 2.63. The molecule has 68 valence electrons. The van der Waals surface area contributed by atoms with E-state index in [1.54, 1.807) is 0 Å². The van der Waals surface area contributed by atoms with Crippen LogP contribution in [0.25, 0.3) is 0 Å². The standard InChI is InChI=1S/C11H19N/c1-5-10-7-6-8-12(9-10)11(2,3)4/h5,7H,1,6,8-9H2,2-4H3. The van der Waals surface area contributed by atoms with Crippen LogP contribution in [0.2, 0.25) is 0 Å². The minimum Gasteiger partial charge on any atom is -0.294 e. The summed E-state index contributed by atoms with van der Waals surface area (Å²) in [6.07, 6.45) is 5.42. The molecule has 1 nitrogen and oxygen atoms in total. The Bertz CT molecular complexity index is 196. The highest BCUT2D eigenvalue weighted by Gasteiger charge is 2.22. The van der Waals surface area contributed by atoms with E-state index in [0.29, 0.717) is 5.54 Å². The highest BCUT2D eigenvalue weighted by molar-refractivity contribution is 5.20. The molecular formula is C11H19N. The second kappa shape index (κ2) is 3.44. The quantitative estimate of drug-likeness (QED) is 0.577. The lowest BCUT2D eigenvalue weighted by atomic mass is 10.0. The molecular weight excluding hydrogens is 146 g/mol. The van der Waals surface area contributed by atoms with Crippen LogP contribution in [0.4, 0.5) is 0 Å². The molecule has 0 N–H and O–H groups in total. The highest BCUT2D eigenvalue weighted by atomic mass is 15.2. The van der Waals surface area contributed by atoms with E-state index < -0.39 is 0 Å². The molecule has 1 aliphatic rings. The topological polar surface area (TPSA) is 3.24 Å². The predicted molar refractivity (Wildman–Crippen MR) is 54.2 cm³/mol. The smallest absolute Gasteiger partial charge is 0.0235 e. The lowest BCUT2D eigenvalue weighted by Gasteiger charge is -2.37. The van der Waals surface area contributed by atoms with E-state index in [9.17, 15) is 0 Å². The molecule has 1 heterocycles. The normalized spacial score (nSPS) is 20.4. The lowest BCUT2D eigenvalue weighted by Crippen LogP contribution is -2.44. The van der Waals surface area contributed by atoms with Crippen molar-refractivity contribution in [2.24, 2.45) is 0 Å². The summed E-state index contributed by atoms with van der Waals surface area (Å²) < 4.78 is 0. The summed E-state index contributed by atoms with van der Waals surface area (Å²) in [7, 11) is 0. The maximum atomic E-state index is 3.81. The number of hydrogen-bond donors (Lipinski definition) is 0. The third-order valence-corrected chi connectivity index (χ3v) is 2.39. The summed E-state index contributed by atoms with van der Waals surface area (Å²) in [6, 6.07) is 0. The van der Waals surface area contributed by atoms with E-state index >= 15 is 0 Å². The Morgan fingerprint density at radius 3 is 2.67 bits per heavy atom. The molecule has 1 heteroatoms. The van der Waals surface area contributed by atoms with Crippen molar-refractivity contribution in [3.05, 3.63) is 24.3 Å². The van der Waals surface area contributed by atoms with Crippen LogP contribution in [0.15, 0.2) is 24.3 Å². The predicted octanol–water partition coefficient (Wildman–Crippen LogP) is 2.60. The van der Waals surface area contributed by atoms with Gasteiger partial charge in [0.1, 0.15) is 0 Å². The summed E-state index contributed by atoms with van der Waals surface area (Å²) >= 11 is 0. The van der Waals surface area contributed by atoms with Gasteiger partial charge in [0.25, 0.3) is 0 Å².